The van der Waals surface area contributed by atoms with Crippen LogP contribution < -0.4 is 0 Å². The number of piperidine rings is 1. The van der Waals surface area contributed by atoms with Crippen LogP contribution in [0.2, 0.25) is 0 Å². The molecule has 6 heteroatoms. The second kappa shape index (κ2) is 5.32. The van der Waals surface area contributed by atoms with Gasteiger partial charge in [-0.25, -0.2) is 4.39 Å². The molecule has 0 unspecified atom stereocenters. The molecule has 2 saturated heterocycles. The maximum atomic E-state index is 13.8. The van der Waals surface area contributed by atoms with Gasteiger partial charge in [0, 0.05) is 36.9 Å². The van der Waals surface area contributed by atoms with Crippen molar-refractivity contribution in [3.8, 4) is 0 Å². The molecule has 5 nitrogen and oxygen atoms in total. The van der Waals surface area contributed by atoms with Crippen LogP contribution in [0.25, 0.3) is 11.0 Å². The SMILES string of the molecule is Cc1c(C(=O)N2CCC3(CC2)OCCO3)oc2c(F)cccc12. The summed E-state index contributed by atoms with van der Waals surface area (Å²) in [6, 6.07) is 4.71. The van der Waals surface area contributed by atoms with Gasteiger partial charge in [0.1, 0.15) is 0 Å². The van der Waals surface area contributed by atoms with Crippen molar-refractivity contribution in [2.24, 2.45) is 0 Å². The topological polar surface area (TPSA) is 51.9 Å². The number of amides is 1. The van der Waals surface area contributed by atoms with Gasteiger partial charge in [-0.15, -0.1) is 0 Å². The fourth-order valence-electron chi connectivity index (χ4n) is 3.39. The van der Waals surface area contributed by atoms with Crippen molar-refractivity contribution >= 4 is 16.9 Å². The number of rotatable bonds is 1. The summed E-state index contributed by atoms with van der Waals surface area (Å²) in [4.78, 5) is 14.5. The summed E-state index contributed by atoms with van der Waals surface area (Å²) < 4.78 is 30.7. The molecule has 0 radical (unpaired) electrons. The van der Waals surface area contributed by atoms with Crippen LogP contribution in [0.3, 0.4) is 0 Å². The number of benzene rings is 1. The highest BCUT2D eigenvalue weighted by Crippen LogP contribution is 2.33. The molecule has 3 heterocycles. The third kappa shape index (κ3) is 2.33. The fraction of sp³-hybridized carbons (Fsp3) is 0.471. The first-order chi connectivity index (χ1) is 11.1. The first-order valence-corrected chi connectivity index (χ1v) is 7.84. The van der Waals surface area contributed by atoms with Crippen LogP contribution in [0.4, 0.5) is 4.39 Å². The highest BCUT2D eigenvalue weighted by Gasteiger charge is 2.41. The minimum atomic E-state index is -0.522. The van der Waals surface area contributed by atoms with Crippen LogP contribution in [0, 0.1) is 12.7 Å². The molecule has 0 N–H and O–H groups in total. The fourth-order valence-corrected chi connectivity index (χ4v) is 3.39. The van der Waals surface area contributed by atoms with Crippen molar-refractivity contribution in [2.75, 3.05) is 26.3 Å². The Kier molecular flexibility index (Phi) is 3.39. The average Bonchev–Trinajstić information content (AvgIpc) is 3.14. The average molecular weight is 319 g/mol. The molecule has 0 bridgehead atoms. The van der Waals surface area contributed by atoms with E-state index in [1.807, 2.05) is 0 Å². The van der Waals surface area contributed by atoms with Crippen LogP contribution in [0.15, 0.2) is 22.6 Å². The molecule has 2 aliphatic rings. The highest BCUT2D eigenvalue weighted by atomic mass is 19.1. The Balaban J connectivity index is 1.58. The van der Waals surface area contributed by atoms with Gasteiger partial charge in [0.2, 0.25) is 0 Å². The Morgan fingerprint density at radius 3 is 2.57 bits per heavy atom. The highest BCUT2D eigenvalue weighted by molar-refractivity contribution is 5.99. The van der Waals surface area contributed by atoms with Gasteiger partial charge in [-0.1, -0.05) is 12.1 Å². The molecule has 23 heavy (non-hydrogen) atoms. The number of aryl methyl sites for hydroxylation is 1. The summed E-state index contributed by atoms with van der Waals surface area (Å²) in [5, 5.41) is 0.643. The van der Waals surface area contributed by atoms with Crippen molar-refractivity contribution in [1.29, 1.82) is 0 Å². The summed E-state index contributed by atoms with van der Waals surface area (Å²) in [6.45, 7) is 4.08. The number of carbonyl (C=O) groups excluding carboxylic acids is 1. The largest absolute Gasteiger partial charge is 0.448 e. The van der Waals surface area contributed by atoms with E-state index < -0.39 is 11.6 Å². The van der Waals surface area contributed by atoms with E-state index >= 15 is 0 Å². The van der Waals surface area contributed by atoms with Crippen LogP contribution in [0.5, 0.6) is 0 Å². The molecule has 1 spiro atoms. The van der Waals surface area contributed by atoms with E-state index in [0.717, 1.165) is 0 Å². The summed E-state index contributed by atoms with van der Waals surface area (Å²) in [7, 11) is 0. The second-order valence-corrected chi connectivity index (χ2v) is 6.07. The number of hydrogen-bond donors (Lipinski definition) is 0. The Hall–Kier alpha value is -1.92. The lowest BCUT2D eigenvalue weighted by molar-refractivity contribution is -0.181. The van der Waals surface area contributed by atoms with E-state index in [9.17, 15) is 9.18 Å². The van der Waals surface area contributed by atoms with Crippen molar-refractivity contribution in [3.63, 3.8) is 0 Å². The molecule has 1 amide bonds. The molecule has 1 aromatic carbocycles. The van der Waals surface area contributed by atoms with Crippen molar-refractivity contribution in [2.45, 2.75) is 25.6 Å². The number of likely N-dealkylation sites (tertiary alicyclic amines) is 1. The lowest BCUT2D eigenvalue weighted by Gasteiger charge is -2.37. The molecule has 0 atom stereocenters. The van der Waals surface area contributed by atoms with E-state index in [0.29, 0.717) is 50.1 Å². The number of hydrogen-bond acceptors (Lipinski definition) is 4. The van der Waals surface area contributed by atoms with Gasteiger partial charge in [-0.2, -0.15) is 0 Å². The van der Waals surface area contributed by atoms with E-state index in [1.165, 1.54) is 6.07 Å². The molecular weight excluding hydrogens is 301 g/mol. The van der Waals surface area contributed by atoms with Crippen molar-refractivity contribution in [1.82, 2.24) is 4.90 Å². The zero-order valence-electron chi connectivity index (χ0n) is 12.9. The predicted molar refractivity (Wildman–Crippen MR) is 80.7 cm³/mol. The number of furan rings is 1. The Morgan fingerprint density at radius 1 is 1.22 bits per heavy atom. The molecule has 4 rings (SSSR count). The zero-order valence-corrected chi connectivity index (χ0v) is 12.9. The van der Waals surface area contributed by atoms with Crippen LogP contribution in [-0.4, -0.2) is 42.9 Å². The van der Waals surface area contributed by atoms with Gasteiger partial charge >= 0.3 is 0 Å². The zero-order chi connectivity index (χ0) is 16.0. The van der Waals surface area contributed by atoms with Crippen LogP contribution >= 0.6 is 0 Å². The summed E-state index contributed by atoms with van der Waals surface area (Å²) in [5.74, 6) is -0.957. The first kappa shape index (κ1) is 14.7. The Bertz CT molecular complexity index is 753. The lowest BCUT2D eigenvalue weighted by Crippen LogP contribution is -2.47. The quantitative estimate of drug-likeness (QED) is 0.811. The Morgan fingerprint density at radius 2 is 1.91 bits per heavy atom. The van der Waals surface area contributed by atoms with Gasteiger partial charge in [0.25, 0.3) is 5.91 Å². The van der Waals surface area contributed by atoms with Gasteiger partial charge in [-0.05, 0) is 13.0 Å². The molecule has 122 valence electrons. The number of carbonyl (C=O) groups is 1. The predicted octanol–water partition coefficient (Wildman–Crippen LogP) is 2.86. The number of para-hydroxylation sites is 1. The summed E-state index contributed by atoms with van der Waals surface area (Å²) >= 11 is 0. The first-order valence-electron chi connectivity index (χ1n) is 7.84. The summed E-state index contributed by atoms with van der Waals surface area (Å²) in [6.07, 6.45) is 1.29. The maximum Gasteiger partial charge on any atom is 0.289 e. The number of halogens is 1. The molecule has 2 fully saturated rings. The van der Waals surface area contributed by atoms with Gasteiger partial charge in [0.15, 0.2) is 22.9 Å². The molecule has 2 aromatic rings. The van der Waals surface area contributed by atoms with Crippen LogP contribution in [-0.2, 0) is 9.47 Å². The van der Waals surface area contributed by atoms with Gasteiger partial charge in [0.05, 0.1) is 13.2 Å². The second-order valence-electron chi connectivity index (χ2n) is 6.07. The van der Waals surface area contributed by atoms with Gasteiger partial charge in [-0.3, -0.25) is 4.79 Å². The van der Waals surface area contributed by atoms with Gasteiger partial charge < -0.3 is 18.8 Å². The van der Waals surface area contributed by atoms with Crippen molar-refractivity contribution < 1.29 is 23.1 Å². The minimum absolute atomic E-state index is 0.143. The maximum absolute atomic E-state index is 13.8. The Labute approximate surface area is 132 Å². The van der Waals surface area contributed by atoms with Crippen molar-refractivity contribution in [3.05, 3.63) is 35.3 Å². The normalized spacial score (nSPS) is 20.5. The third-order valence-electron chi connectivity index (χ3n) is 4.74. The number of fused-ring (bicyclic) bond motifs is 1. The molecule has 0 aliphatic carbocycles. The monoisotopic (exact) mass is 319 g/mol. The number of nitrogens with zero attached hydrogens (tertiary/aromatic N) is 1. The minimum Gasteiger partial charge on any atom is -0.448 e. The van der Waals surface area contributed by atoms with E-state index in [1.54, 1.807) is 24.0 Å². The van der Waals surface area contributed by atoms with E-state index in [-0.39, 0.29) is 17.3 Å². The lowest BCUT2D eigenvalue weighted by atomic mass is 10.0. The summed E-state index contributed by atoms with van der Waals surface area (Å²) in [5.41, 5.74) is 0.822. The van der Waals surface area contributed by atoms with E-state index in [4.69, 9.17) is 13.9 Å². The number of ether oxygens (including phenoxy) is 2. The molecule has 0 saturated carbocycles. The smallest absolute Gasteiger partial charge is 0.289 e. The third-order valence-corrected chi connectivity index (χ3v) is 4.74. The standard InChI is InChI=1S/C17H18FNO4/c1-11-12-3-2-4-13(18)15(12)23-14(11)16(20)19-7-5-17(6-8-19)21-9-10-22-17/h2-4H,5-10H2,1H3. The van der Waals surface area contributed by atoms with E-state index in [2.05, 4.69) is 0 Å². The van der Waals surface area contributed by atoms with Crippen LogP contribution in [0.1, 0.15) is 29.0 Å². The molecule has 1 aromatic heterocycles. The molecule has 2 aliphatic heterocycles. The molecular formula is C17H18FNO4.